The zero-order valence-corrected chi connectivity index (χ0v) is 15.1. The number of para-hydroxylation sites is 1. The summed E-state index contributed by atoms with van der Waals surface area (Å²) < 4.78 is 5.76. The Morgan fingerprint density at radius 3 is 2.76 bits per heavy atom. The molecule has 0 radical (unpaired) electrons. The molecule has 1 saturated heterocycles. The normalized spacial score (nSPS) is 18.3. The van der Waals surface area contributed by atoms with Crippen LogP contribution in [0.5, 0.6) is 0 Å². The quantitative estimate of drug-likeness (QED) is 0.647. The Morgan fingerprint density at radius 1 is 1.12 bits per heavy atom. The van der Waals surface area contributed by atoms with Crippen LogP contribution in [0.1, 0.15) is 33.4 Å². The summed E-state index contributed by atoms with van der Waals surface area (Å²) in [4.78, 5) is 14.8. The van der Waals surface area contributed by atoms with Gasteiger partial charge in [-0.25, -0.2) is 0 Å². The van der Waals surface area contributed by atoms with Crippen molar-refractivity contribution in [2.75, 3.05) is 18.8 Å². The highest BCUT2D eigenvalue weighted by atomic mass is 32.2. The first-order chi connectivity index (χ1) is 12.2. The molecule has 4 rings (SSSR count). The van der Waals surface area contributed by atoms with E-state index in [4.69, 9.17) is 4.42 Å². The van der Waals surface area contributed by atoms with Gasteiger partial charge in [0.25, 0.3) is 5.91 Å². The fourth-order valence-corrected chi connectivity index (χ4v) is 4.74. The van der Waals surface area contributed by atoms with Gasteiger partial charge in [-0.2, -0.15) is 11.8 Å². The molecule has 0 spiro atoms. The maximum Gasteiger partial charge on any atom is 0.289 e. The first-order valence-corrected chi connectivity index (χ1v) is 9.72. The maximum absolute atomic E-state index is 12.9. The average molecular weight is 351 g/mol. The van der Waals surface area contributed by atoms with E-state index in [2.05, 4.69) is 31.2 Å². The number of benzene rings is 2. The molecule has 3 aromatic rings. The molecule has 128 valence electrons. The number of fused-ring (bicyclic) bond motifs is 1. The van der Waals surface area contributed by atoms with Gasteiger partial charge in [0.05, 0.1) is 0 Å². The van der Waals surface area contributed by atoms with Crippen LogP contribution < -0.4 is 0 Å². The van der Waals surface area contributed by atoms with E-state index in [1.54, 1.807) is 0 Å². The molecule has 0 unspecified atom stereocenters. The zero-order valence-electron chi connectivity index (χ0n) is 14.3. The van der Waals surface area contributed by atoms with Crippen molar-refractivity contribution in [3.63, 3.8) is 0 Å². The molecule has 0 bridgehead atoms. The summed E-state index contributed by atoms with van der Waals surface area (Å²) in [6, 6.07) is 18.2. The summed E-state index contributed by atoms with van der Waals surface area (Å²) in [5.41, 5.74) is 3.50. The lowest BCUT2D eigenvalue weighted by Crippen LogP contribution is -2.32. The highest BCUT2D eigenvalue weighted by molar-refractivity contribution is 7.99. The highest BCUT2D eigenvalue weighted by Gasteiger charge is 2.25. The monoisotopic (exact) mass is 351 g/mol. The lowest BCUT2D eigenvalue weighted by atomic mass is 10.0. The third-order valence-electron chi connectivity index (χ3n) is 4.80. The average Bonchev–Trinajstić information content (AvgIpc) is 2.92. The van der Waals surface area contributed by atoms with Crippen LogP contribution in [0.3, 0.4) is 0 Å². The van der Waals surface area contributed by atoms with Gasteiger partial charge in [-0.1, -0.05) is 42.5 Å². The van der Waals surface area contributed by atoms with Gasteiger partial charge in [-0.05, 0) is 36.6 Å². The van der Waals surface area contributed by atoms with Crippen LogP contribution in [0.25, 0.3) is 11.0 Å². The van der Waals surface area contributed by atoms with Gasteiger partial charge in [0.15, 0.2) is 5.76 Å². The molecule has 0 aliphatic carbocycles. The van der Waals surface area contributed by atoms with Crippen LogP contribution in [-0.2, 0) is 0 Å². The minimum atomic E-state index is 0.00207. The van der Waals surface area contributed by atoms with Crippen LogP contribution in [0, 0.1) is 6.92 Å². The molecule has 3 nitrogen and oxygen atoms in total. The van der Waals surface area contributed by atoms with E-state index >= 15 is 0 Å². The van der Waals surface area contributed by atoms with Crippen LogP contribution >= 0.6 is 11.8 Å². The van der Waals surface area contributed by atoms with Crippen molar-refractivity contribution >= 4 is 28.6 Å². The molecule has 0 N–H and O–H groups in total. The van der Waals surface area contributed by atoms with Crippen molar-refractivity contribution in [2.24, 2.45) is 0 Å². The van der Waals surface area contributed by atoms with Gasteiger partial charge in [0.1, 0.15) is 5.58 Å². The van der Waals surface area contributed by atoms with Crippen molar-refractivity contribution < 1.29 is 9.21 Å². The Bertz CT molecular complexity index is 869. The van der Waals surface area contributed by atoms with E-state index in [-0.39, 0.29) is 5.91 Å². The smallest absolute Gasteiger partial charge is 0.289 e. The number of carbonyl (C=O) groups excluding carboxylic acids is 1. The SMILES string of the molecule is Cc1ccccc1[C@@H]1CCN(C(=O)c2cc3ccccc3o2)CCS1. The van der Waals surface area contributed by atoms with Crippen LogP contribution in [0.15, 0.2) is 59.0 Å². The second kappa shape index (κ2) is 6.96. The predicted octanol–water partition coefficient (Wildman–Crippen LogP) is 5.06. The minimum absolute atomic E-state index is 0.00207. The lowest BCUT2D eigenvalue weighted by Gasteiger charge is -2.19. The van der Waals surface area contributed by atoms with Gasteiger partial charge in [-0.3, -0.25) is 4.79 Å². The summed E-state index contributed by atoms with van der Waals surface area (Å²) in [6.45, 7) is 3.70. The molecule has 2 aromatic carbocycles. The van der Waals surface area contributed by atoms with Gasteiger partial charge in [-0.15, -0.1) is 0 Å². The van der Waals surface area contributed by atoms with Crippen molar-refractivity contribution in [3.05, 3.63) is 71.5 Å². The number of furan rings is 1. The maximum atomic E-state index is 12.9. The van der Waals surface area contributed by atoms with Gasteiger partial charge < -0.3 is 9.32 Å². The number of hydrogen-bond donors (Lipinski definition) is 0. The Hall–Kier alpha value is -2.20. The topological polar surface area (TPSA) is 33.5 Å². The number of carbonyl (C=O) groups is 1. The number of rotatable bonds is 2. The predicted molar refractivity (Wildman–Crippen MR) is 103 cm³/mol. The Balaban J connectivity index is 1.50. The Morgan fingerprint density at radius 2 is 1.92 bits per heavy atom. The Labute approximate surface area is 152 Å². The van der Waals surface area contributed by atoms with Crippen LogP contribution in [-0.4, -0.2) is 29.6 Å². The molecule has 1 aromatic heterocycles. The fourth-order valence-electron chi connectivity index (χ4n) is 3.41. The number of thioether (sulfide) groups is 1. The van der Waals surface area contributed by atoms with Gasteiger partial charge >= 0.3 is 0 Å². The van der Waals surface area contributed by atoms with Crippen LogP contribution in [0.2, 0.25) is 0 Å². The molecule has 1 aliphatic rings. The van der Waals surface area contributed by atoms with Crippen molar-refractivity contribution in [2.45, 2.75) is 18.6 Å². The van der Waals surface area contributed by atoms with Crippen molar-refractivity contribution in [3.8, 4) is 0 Å². The molecular formula is C21H21NO2S. The molecule has 4 heteroatoms. The first kappa shape index (κ1) is 16.3. The minimum Gasteiger partial charge on any atom is -0.451 e. The fraction of sp³-hybridized carbons (Fsp3) is 0.286. The van der Waals surface area contributed by atoms with E-state index < -0.39 is 0 Å². The van der Waals surface area contributed by atoms with E-state index in [1.807, 2.05) is 47.0 Å². The molecule has 0 saturated carbocycles. The van der Waals surface area contributed by atoms with E-state index in [0.29, 0.717) is 11.0 Å². The summed E-state index contributed by atoms with van der Waals surface area (Å²) in [5, 5.41) is 1.43. The van der Waals surface area contributed by atoms with E-state index in [0.717, 1.165) is 36.2 Å². The summed E-state index contributed by atoms with van der Waals surface area (Å²) in [6.07, 6.45) is 0.974. The summed E-state index contributed by atoms with van der Waals surface area (Å²) in [7, 11) is 0. The second-order valence-electron chi connectivity index (χ2n) is 6.45. The second-order valence-corrected chi connectivity index (χ2v) is 7.76. The number of aryl methyl sites for hydroxylation is 1. The number of nitrogens with zero attached hydrogens (tertiary/aromatic N) is 1. The molecule has 2 heterocycles. The standard InChI is InChI=1S/C21H21NO2S/c1-15-6-2-4-8-17(15)20-10-11-22(12-13-25-20)21(23)19-14-16-7-3-5-9-18(16)24-19/h2-9,14,20H,10-13H2,1H3/t20-/m0/s1. The third kappa shape index (κ3) is 3.31. The number of hydrogen-bond acceptors (Lipinski definition) is 3. The molecule has 1 fully saturated rings. The first-order valence-electron chi connectivity index (χ1n) is 8.67. The van der Waals surface area contributed by atoms with E-state index in [1.165, 1.54) is 11.1 Å². The summed E-state index contributed by atoms with van der Waals surface area (Å²) in [5.74, 6) is 1.40. The highest BCUT2D eigenvalue weighted by Crippen LogP contribution is 2.36. The molecule has 1 aliphatic heterocycles. The van der Waals surface area contributed by atoms with E-state index in [9.17, 15) is 4.79 Å². The zero-order chi connectivity index (χ0) is 17.2. The van der Waals surface area contributed by atoms with Gasteiger partial charge in [0.2, 0.25) is 0 Å². The van der Waals surface area contributed by atoms with Crippen molar-refractivity contribution in [1.29, 1.82) is 0 Å². The molecule has 1 atom stereocenters. The molecule has 25 heavy (non-hydrogen) atoms. The third-order valence-corrected chi connectivity index (χ3v) is 6.11. The number of amides is 1. The molecular weight excluding hydrogens is 330 g/mol. The van der Waals surface area contributed by atoms with Crippen molar-refractivity contribution in [1.82, 2.24) is 4.90 Å². The van der Waals surface area contributed by atoms with Crippen LogP contribution in [0.4, 0.5) is 0 Å². The molecule has 1 amide bonds. The summed E-state index contributed by atoms with van der Waals surface area (Å²) >= 11 is 1.95. The largest absolute Gasteiger partial charge is 0.451 e. The lowest BCUT2D eigenvalue weighted by molar-refractivity contribution is 0.0737. The van der Waals surface area contributed by atoms with Gasteiger partial charge in [0, 0.05) is 29.5 Å². The Kier molecular flexibility index (Phi) is 4.53.